The number of aliphatic hydroxyl groups is 1. The molecule has 0 unspecified atom stereocenters. The summed E-state index contributed by atoms with van der Waals surface area (Å²) >= 11 is 3.62. The summed E-state index contributed by atoms with van der Waals surface area (Å²) < 4.78 is 13.4. The molecule has 0 aliphatic carbocycles. The van der Waals surface area contributed by atoms with E-state index in [1.807, 2.05) is 98.8 Å². The van der Waals surface area contributed by atoms with E-state index in [1.54, 1.807) is 11.0 Å². The molecular weight excluding hydrogens is 714 g/mol. The first-order valence-electron chi connectivity index (χ1n) is 17.6. The van der Waals surface area contributed by atoms with Gasteiger partial charge in [0, 0.05) is 23.1 Å². The van der Waals surface area contributed by atoms with E-state index in [4.69, 9.17) is 9.47 Å². The van der Waals surface area contributed by atoms with Gasteiger partial charge in [0.1, 0.15) is 29.8 Å². The maximum atomic E-state index is 15.3. The summed E-state index contributed by atoms with van der Waals surface area (Å²) in [7, 11) is 0. The molecule has 11 heteroatoms. The van der Waals surface area contributed by atoms with Gasteiger partial charge in [0.15, 0.2) is 0 Å². The zero-order valence-corrected chi connectivity index (χ0v) is 30.2. The van der Waals surface area contributed by atoms with Crippen LogP contribution in [-0.4, -0.2) is 77.2 Å². The molecule has 0 saturated carbocycles. The molecule has 4 heterocycles. The van der Waals surface area contributed by atoms with Gasteiger partial charge in [0.2, 0.25) is 11.8 Å². The predicted octanol–water partition coefficient (Wildman–Crippen LogP) is 5.20. The van der Waals surface area contributed by atoms with Crippen molar-refractivity contribution >= 4 is 56.1 Å². The quantitative estimate of drug-likeness (QED) is 0.262. The molecule has 1 spiro atoms. The average Bonchev–Trinajstić information content (AvgIpc) is 3.73. The Morgan fingerprint density at radius 1 is 0.961 bits per heavy atom. The van der Waals surface area contributed by atoms with E-state index in [0.717, 1.165) is 10.8 Å². The van der Waals surface area contributed by atoms with Crippen LogP contribution in [0.25, 0.3) is 10.8 Å². The Hall–Kier alpha value is -4.32. The summed E-state index contributed by atoms with van der Waals surface area (Å²) in [6.45, 7) is 3.82. The summed E-state index contributed by atoms with van der Waals surface area (Å²) in [5, 5.41) is 15.6. The Morgan fingerprint density at radius 2 is 1.71 bits per heavy atom. The van der Waals surface area contributed by atoms with Crippen molar-refractivity contribution in [2.45, 2.75) is 63.0 Å². The zero-order chi connectivity index (χ0) is 35.9. The van der Waals surface area contributed by atoms with Crippen LogP contribution in [0.4, 0.5) is 5.69 Å². The number of hydrogen-bond acceptors (Lipinski definition) is 7. The number of aliphatic hydroxyl groups excluding tert-OH is 1. The summed E-state index contributed by atoms with van der Waals surface area (Å²) in [5.74, 6) is -3.78. The van der Waals surface area contributed by atoms with Crippen molar-refractivity contribution in [2.24, 2.45) is 17.8 Å². The molecule has 4 aliphatic rings. The van der Waals surface area contributed by atoms with Gasteiger partial charge in [-0.05, 0) is 53.3 Å². The number of esters is 1. The first-order valence-corrected chi connectivity index (χ1v) is 18.4. The summed E-state index contributed by atoms with van der Waals surface area (Å²) in [6.07, 6.45) is 4.86. The van der Waals surface area contributed by atoms with Gasteiger partial charge in [-0.25, -0.2) is 0 Å². The number of likely N-dealkylation sites (tertiary alicyclic amines) is 1. The number of ether oxygens (including phenoxy) is 2. The van der Waals surface area contributed by atoms with Crippen LogP contribution >= 0.6 is 15.9 Å². The monoisotopic (exact) mass is 755 g/mol. The van der Waals surface area contributed by atoms with Gasteiger partial charge in [0.05, 0.1) is 25.1 Å². The number of fused-ring (bicyclic) bond motifs is 3. The summed E-state index contributed by atoms with van der Waals surface area (Å²) in [6, 6.07) is 20.9. The first kappa shape index (κ1) is 35.1. The number of nitrogens with one attached hydrogen (secondary N) is 1. The smallest absolute Gasteiger partial charge is 0.313 e. The highest BCUT2D eigenvalue weighted by molar-refractivity contribution is 9.11. The minimum atomic E-state index is -1.50. The zero-order valence-electron chi connectivity index (χ0n) is 28.6. The molecule has 51 heavy (non-hydrogen) atoms. The molecule has 0 radical (unpaired) electrons. The average molecular weight is 757 g/mol. The number of amides is 3. The standard InChI is InChI=1S/C40H42BrN3O7/c1-24(2)19-29(23-45)44-36-38(48)43(28-17-16-25-11-8-9-14-27(25)20-28)18-10-4-7-15-32(46)42-22-31(26-12-5-3-6-13-26)50-39(49)33-34(37(44)47)40(36)21-30(41)35(33)51-40/h3-6,8-14,16-17,20-21,24,29,31,33-36,45H,7,15,18-19,22-23H2,1-2H3,(H,42,46)/b10-4-/t29-,31+,33+,34-,35+,36+,40-/m1/s1. The highest BCUT2D eigenvalue weighted by Gasteiger charge is 2.75. The minimum absolute atomic E-state index is 0.0429. The Labute approximate surface area is 305 Å². The number of rotatable bonds is 6. The third kappa shape index (κ3) is 6.40. The van der Waals surface area contributed by atoms with Crippen molar-refractivity contribution in [2.75, 3.05) is 24.6 Å². The van der Waals surface area contributed by atoms with Crippen molar-refractivity contribution in [1.82, 2.24) is 10.2 Å². The van der Waals surface area contributed by atoms with E-state index in [-0.39, 0.29) is 37.9 Å². The van der Waals surface area contributed by atoms with E-state index in [2.05, 4.69) is 21.2 Å². The second kappa shape index (κ2) is 14.4. The van der Waals surface area contributed by atoms with Crippen LogP contribution in [-0.2, 0) is 28.7 Å². The molecule has 3 aromatic carbocycles. The van der Waals surface area contributed by atoms with Crippen LogP contribution in [0.2, 0.25) is 0 Å². The van der Waals surface area contributed by atoms with Crippen LogP contribution in [0.15, 0.2) is 95.5 Å². The maximum Gasteiger partial charge on any atom is 0.313 e. The second-order valence-electron chi connectivity index (χ2n) is 14.2. The van der Waals surface area contributed by atoms with Crippen LogP contribution in [0.5, 0.6) is 0 Å². The van der Waals surface area contributed by atoms with Crippen molar-refractivity contribution in [3.8, 4) is 0 Å². The van der Waals surface area contributed by atoms with Crippen LogP contribution in [0.1, 0.15) is 44.8 Å². The van der Waals surface area contributed by atoms with Crippen molar-refractivity contribution in [3.05, 3.63) is 101 Å². The lowest BCUT2D eigenvalue weighted by Gasteiger charge is -2.39. The largest absolute Gasteiger partial charge is 0.455 e. The Balaban J connectivity index is 1.37. The van der Waals surface area contributed by atoms with Crippen LogP contribution < -0.4 is 10.2 Å². The highest BCUT2D eigenvalue weighted by atomic mass is 79.9. The van der Waals surface area contributed by atoms with Gasteiger partial charge in [-0.2, -0.15) is 0 Å². The number of carbonyl (C=O) groups excluding carboxylic acids is 4. The van der Waals surface area contributed by atoms with Crippen molar-refractivity contribution < 1.29 is 33.8 Å². The second-order valence-corrected chi connectivity index (χ2v) is 15.1. The molecule has 3 amide bonds. The van der Waals surface area contributed by atoms with E-state index in [1.165, 1.54) is 4.90 Å². The number of allylic oxidation sites excluding steroid dienone is 1. The number of hydrogen-bond donors (Lipinski definition) is 2. The fourth-order valence-electron chi connectivity index (χ4n) is 8.16. The van der Waals surface area contributed by atoms with E-state index in [0.29, 0.717) is 28.6 Å². The molecule has 4 aliphatic heterocycles. The molecule has 5 bridgehead atoms. The number of benzene rings is 3. The van der Waals surface area contributed by atoms with Crippen molar-refractivity contribution in [3.63, 3.8) is 0 Å². The molecular formula is C40H42BrN3O7. The lowest BCUT2D eigenvalue weighted by molar-refractivity contribution is -0.160. The van der Waals surface area contributed by atoms with E-state index < -0.39 is 59.5 Å². The molecule has 2 N–H and O–H groups in total. The van der Waals surface area contributed by atoms with Gasteiger partial charge >= 0.3 is 5.97 Å². The third-order valence-electron chi connectivity index (χ3n) is 10.4. The number of anilines is 1. The lowest BCUT2D eigenvalue weighted by atomic mass is 9.74. The molecule has 10 nitrogen and oxygen atoms in total. The highest BCUT2D eigenvalue weighted by Crippen LogP contribution is 2.59. The predicted molar refractivity (Wildman–Crippen MR) is 196 cm³/mol. The molecule has 2 saturated heterocycles. The Morgan fingerprint density at radius 3 is 2.45 bits per heavy atom. The SMILES string of the molecule is CC(C)C[C@H](CO)N1C(=O)[C@H]2[C@@H]3C(=O)O[C@H](c4ccccc4)CNC(=O)CC/C=C\CN(c4ccc5ccccc5c4)C(=O)[C@H]1[C@@]21C=C(Br)[C@@H]3O1. The van der Waals surface area contributed by atoms with Crippen LogP contribution in [0.3, 0.4) is 0 Å². The lowest BCUT2D eigenvalue weighted by Crippen LogP contribution is -2.59. The Kier molecular flexibility index (Phi) is 9.88. The molecule has 2 fully saturated rings. The van der Waals surface area contributed by atoms with Gasteiger partial charge in [-0.15, -0.1) is 0 Å². The fraction of sp³-hybridized carbons (Fsp3) is 0.400. The van der Waals surface area contributed by atoms with Crippen LogP contribution in [0, 0.1) is 17.8 Å². The normalized spacial score (nSPS) is 29.6. The minimum Gasteiger partial charge on any atom is -0.455 e. The number of cyclic esters (lactones) is 1. The molecule has 0 aromatic heterocycles. The molecule has 266 valence electrons. The van der Waals surface area contributed by atoms with E-state index in [9.17, 15) is 19.5 Å². The van der Waals surface area contributed by atoms with Gasteiger partial charge in [-0.3, -0.25) is 19.2 Å². The van der Waals surface area contributed by atoms with Gasteiger partial charge < -0.3 is 29.7 Å². The fourth-order valence-corrected chi connectivity index (χ4v) is 8.89. The first-order chi connectivity index (χ1) is 24.6. The van der Waals surface area contributed by atoms with Crippen molar-refractivity contribution in [1.29, 1.82) is 0 Å². The molecule has 7 atom stereocenters. The summed E-state index contributed by atoms with van der Waals surface area (Å²) in [4.78, 5) is 60.6. The topological polar surface area (TPSA) is 125 Å². The van der Waals surface area contributed by atoms with E-state index >= 15 is 4.79 Å². The Bertz CT molecular complexity index is 1900. The number of nitrogens with zero attached hydrogens (tertiary/aromatic N) is 2. The molecule has 7 rings (SSSR count). The number of halogens is 1. The summed E-state index contributed by atoms with van der Waals surface area (Å²) in [5.41, 5.74) is -0.198. The third-order valence-corrected chi connectivity index (χ3v) is 11.1. The van der Waals surface area contributed by atoms with Gasteiger partial charge in [0.25, 0.3) is 5.91 Å². The van der Waals surface area contributed by atoms with Gasteiger partial charge in [-0.1, -0.05) is 103 Å². The molecule has 3 aromatic rings. The number of carbonyl (C=O) groups is 4. The maximum absolute atomic E-state index is 15.3.